The lowest BCUT2D eigenvalue weighted by Crippen LogP contribution is -2.17. The lowest BCUT2D eigenvalue weighted by Gasteiger charge is -2.02. The number of non-ortho nitro benzene ring substituents is 1. The molecule has 0 unspecified atom stereocenters. The number of hydrogen-bond donors (Lipinski definition) is 1. The maximum atomic E-state index is 11.6. The van der Waals surface area contributed by atoms with Crippen molar-refractivity contribution >= 4 is 46.0 Å². The van der Waals surface area contributed by atoms with Gasteiger partial charge in [-0.2, -0.15) is 0 Å². The van der Waals surface area contributed by atoms with Gasteiger partial charge in [0.2, 0.25) is 0 Å². The summed E-state index contributed by atoms with van der Waals surface area (Å²) in [7, 11) is 0. The summed E-state index contributed by atoms with van der Waals surface area (Å²) in [5.74, 6) is 0.724. The van der Waals surface area contributed by atoms with Crippen LogP contribution in [-0.4, -0.2) is 15.2 Å². The van der Waals surface area contributed by atoms with E-state index in [2.05, 4.69) is 5.32 Å². The molecule has 1 aromatic carbocycles. The topological polar surface area (TPSA) is 85.4 Å². The molecule has 2 aromatic rings. The molecular weight excluding hydrogens is 336 g/mol. The first-order valence-electron chi connectivity index (χ1n) is 6.54. The molecule has 1 saturated heterocycles. The van der Waals surface area contributed by atoms with E-state index in [-0.39, 0.29) is 11.6 Å². The maximum Gasteiger partial charge on any atom is 0.270 e. The Morgan fingerprint density at radius 3 is 2.78 bits per heavy atom. The van der Waals surface area contributed by atoms with Crippen LogP contribution in [-0.2, 0) is 4.79 Å². The van der Waals surface area contributed by atoms with Crippen molar-refractivity contribution in [3.63, 3.8) is 0 Å². The fourth-order valence-corrected chi connectivity index (χ4v) is 3.14. The number of carbonyl (C=O) groups is 1. The van der Waals surface area contributed by atoms with Gasteiger partial charge in [0.15, 0.2) is 0 Å². The number of benzene rings is 1. The van der Waals surface area contributed by atoms with Crippen molar-refractivity contribution in [3.8, 4) is 11.3 Å². The molecule has 2 heterocycles. The van der Waals surface area contributed by atoms with E-state index in [1.807, 2.05) is 6.92 Å². The van der Waals surface area contributed by atoms with E-state index in [1.54, 1.807) is 24.3 Å². The van der Waals surface area contributed by atoms with Gasteiger partial charge in [0.25, 0.3) is 11.6 Å². The molecule has 1 fully saturated rings. The molecule has 0 aliphatic carbocycles. The third kappa shape index (κ3) is 3.17. The number of rotatable bonds is 3. The van der Waals surface area contributed by atoms with Crippen LogP contribution < -0.4 is 5.32 Å². The molecule has 1 aliphatic rings. The van der Waals surface area contributed by atoms with Crippen LogP contribution in [0.25, 0.3) is 17.4 Å². The highest BCUT2D eigenvalue weighted by atomic mass is 32.2. The molecule has 1 amide bonds. The Hall–Kier alpha value is -2.45. The van der Waals surface area contributed by atoms with E-state index in [1.165, 1.54) is 23.9 Å². The van der Waals surface area contributed by atoms with Gasteiger partial charge in [0.05, 0.1) is 9.83 Å². The van der Waals surface area contributed by atoms with Crippen LogP contribution in [0.2, 0.25) is 0 Å². The summed E-state index contributed by atoms with van der Waals surface area (Å²) in [5, 5.41) is 13.4. The number of hydrogen-bond acceptors (Lipinski definition) is 6. The van der Waals surface area contributed by atoms with Crippen molar-refractivity contribution in [3.05, 3.63) is 56.7 Å². The van der Waals surface area contributed by atoms with Crippen molar-refractivity contribution in [1.29, 1.82) is 0 Å². The number of carbonyl (C=O) groups excluding carboxylic acids is 1. The number of amides is 1. The third-order valence-corrected chi connectivity index (χ3v) is 4.40. The van der Waals surface area contributed by atoms with Gasteiger partial charge in [0, 0.05) is 23.8 Å². The van der Waals surface area contributed by atoms with Crippen LogP contribution in [0.3, 0.4) is 0 Å². The third-order valence-electron chi connectivity index (χ3n) is 3.24. The molecule has 116 valence electrons. The van der Waals surface area contributed by atoms with Crippen molar-refractivity contribution in [1.82, 2.24) is 5.32 Å². The number of aryl methyl sites for hydroxylation is 1. The van der Waals surface area contributed by atoms with E-state index in [0.717, 1.165) is 5.56 Å². The Balaban J connectivity index is 1.95. The normalized spacial score (nSPS) is 16.0. The van der Waals surface area contributed by atoms with Crippen molar-refractivity contribution in [2.75, 3.05) is 0 Å². The molecule has 0 saturated carbocycles. The first kappa shape index (κ1) is 15.4. The standard InChI is InChI=1S/C15H10N2O4S2/c1-8-2-3-9(17(19)20)6-11(8)12-5-4-10(21-12)7-13-14(18)16-15(22)23-13/h2-7H,1H3,(H,16,18,22)/b13-7+. The number of nitro groups is 1. The van der Waals surface area contributed by atoms with Crippen molar-refractivity contribution in [2.24, 2.45) is 0 Å². The Bertz CT molecular complexity index is 870. The number of nitro benzene ring substituents is 1. The van der Waals surface area contributed by atoms with Gasteiger partial charge >= 0.3 is 0 Å². The fraction of sp³-hybridized carbons (Fsp3) is 0.0667. The molecule has 8 heteroatoms. The number of nitrogens with one attached hydrogen (secondary N) is 1. The number of furan rings is 1. The minimum Gasteiger partial charge on any atom is -0.457 e. The molecule has 6 nitrogen and oxygen atoms in total. The molecule has 0 bridgehead atoms. The molecular formula is C15H10N2O4S2. The largest absolute Gasteiger partial charge is 0.457 e. The first-order valence-corrected chi connectivity index (χ1v) is 7.76. The summed E-state index contributed by atoms with van der Waals surface area (Å²) < 4.78 is 6.10. The van der Waals surface area contributed by atoms with Crippen molar-refractivity contribution in [2.45, 2.75) is 6.92 Å². The second kappa shape index (κ2) is 5.98. The molecule has 1 aromatic heterocycles. The van der Waals surface area contributed by atoms with Crippen LogP contribution in [0, 0.1) is 17.0 Å². The van der Waals surface area contributed by atoms with E-state index >= 15 is 0 Å². The van der Waals surface area contributed by atoms with E-state index < -0.39 is 4.92 Å². The zero-order valence-electron chi connectivity index (χ0n) is 11.9. The zero-order valence-corrected chi connectivity index (χ0v) is 13.5. The molecule has 23 heavy (non-hydrogen) atoms. The summed E-state index contributed by atoms with van der Waals surface area (Å²) in [6.07, 6.45) is 1.59. The van der Waals surface area contributed by atoms with Crippen LogP contribution in [0.15, 0.2) is 39.7 Å². The number of thioether (sulfide) groups is 1. The molecule has 1 N–H and O–H groups in total. The van der Waals surface area contributed by atoms with Gasteiger partial charge in [-0.3, -0.25) is 14.9 Å². The van der Waals surface area contributed by atoms with Crippen LogP contribution in [0.4, 0.5) is 5.69 Å². The second-order valence-electron chi connectivity index (χ2n) is 4.81. The van der Waals surface area contributed by atoms with Crippen LogP contribution >= 0.6 is 24.0 Å². The number of thiocarbonyl (C=S) groups is 1. The van der Waals surface area contributed by atoms with Crippen LogP contribution in [0.5, 0.6) is 0 Å². The average Bonchev–Trinajstić information content (AvgIpc) is 3.06. The highest BCUT2D eigenvalue weighted by Gasteiger charge is 2.22. The predicted octanol–water partition coefficient (Wildman–Crippen LogP) is 3.65. The van der Waals surface area contributed by atoms with E-state index in [0.29, 0.717) is 26.3 Å². The van der Waals surface area contributed by atoms with Gasteiger partial charge in [-0.05, 0) is 24.6 Å². The Morgan fingerprint density at radius 1 is 1.35 bits per heavy atom. The maximum absolute atomic E-state index is 11.6. The van der Waals surface area contributed by atoms with E-state index in [4.69, 9.17) is 16.6 Å². The summed E-state index contributed by atoms with van der Waals surface area (Å²) in [5.41, 5.74) is 1.50. The van der Waals surface area contributed by atoms with Gasteiger partial charge in [-0.25, -0.2) is 0 Å². The zero-order chi connectivity index (χ0) is 16.6. The molecule has 0 atom stereocenters. The number of nitrogens with zero attached hydrogens (tertiary/aromatic N) is 1. The summed E-state index contributed by atoms with van der Waals surface area (Å²) in [4.78, 5) is 22.5. The fourth-order valence-electron chi connectivity index (χ4n) is 2.11. The van der Waals surface area contributed by atoms with E-state index in [9.17, 15) is 14.9 Å². The van der Waals surface area contributed by atoms with Crippen LogP contribution in [0.1, 0.15) is 11.3 Å². The van der Waals surface area contributed by atoms with Gasteiger partial charge in [0.1, 0.15) is 15.8 Å². The second-order valence-corrected chi connectivity index (χ2v) is 6.53. The Labute approximate surface area is 140 Å². The summed E-state index contributed by atoms with van der Waals surface area (Å²) in [6, 6.07) is 8.01. The van der Waals surface area contributed by atoms with Gasteiger partial charge < -0.3 is 9.73 Å². The highest BCUT2D eigenvalue weighted by molar-refractivity contribution is 8.26. The summed E-state index contributed by atoms with van der Waals surface area (Å²) in [6.45, 7) is 1.85. The summed E-state index contributed by atoms with van der Waals surface area (Å²) >= 11 is 6.09. The minimum atomic E-state index is -0.449. The van der Waals surface area contributed by atoms with Gasteiger partial charge in [-0.1, -0.05) is 30.0 Å². The molecule has 3 rings (SSSR count). The minimum absolute atomic E-state index is 0.00187. The lowest BCUT2D eigenvalue weighted by molar-refractivity contribution is -0.384. The SMILES string of the molecule is Cc1ccc([N+](=O)[O-])cc1-c1ccc(/C=C2/SC(=S)NC2=O)o1. The first-order chi connectivity index (χ1) is 10.9. The Kier molecular flexibility index (Phi) is 4.01. The quantitative estimate of drug-likeness (QED) is 0.395. The smallest absolute Gasteiger partial charge is 0.270 e. The molecule has 0 radical (unpaired) electrons. The molecule has 1 aliphatic heterocycles. The van der Waals surface area contributed by atoms with Gasteiger partial charge in [-0.15, -0.1) is 0 Å². The predicted molar refractivity (Wildman–Crippen MR) is 91.8 cm³/mol. The highest BCUT2D eigenvalue weighted by Crippen LogP contribution is 2.31. The van der Waals surface area contributed by atoms with Crippen molar-refractivity contribution < 1.29 is 14.1 Å². The Morgan fingerprint density at radius 2 is 2.13 bits per heavy atom. The average molecular weight is 346 g/mol. The monoisotopic (exact) mass is 346 g/mol. The molecule has 0 spiro atoms. The lowest BCUT2D eigenvalue weighted by atomic mass is 10.1.